The molecule has 2 rings (SSSR count). The molecule has 0 saturated heterocycles. The quantitative estimate of drug-likeness (QED) is 0.267. The number of halogens is 4. The van der Waals surface area contributed by atoms with Gasteiger partial charge in [0.1, 0.15) is 12.4 Å². The molecule has 6 nitrogen and oxygen atoms in total. The second kappa shape index (κ2) is 10.9. The summed E-state index contributed by atoms with van der Waals surface area (Å²) in [5.41, 5.74) is 0. The van der Waals surface area contributed by atoms with Crippen LogP contribution < -0.4 is 10.6 Å². The smallest absolute Gasteiger partial charge is 0.356 e. The summed E-state index contributed by atoms with van der Waals surface area (Å²) < 4.78 is 38.4. The average Bonchev–Trinajstić information content (AvgIpc) is 3.15. The fraction of sp³-hybridized carbons (Fsp3) is 0.812. The Balaban J connectivity index is 0.00000338. The monoisotopic (exact) mass is 488 g/mol. The lowest BCUT2D eigenvalue weighted by molar-refractivity contribution is -0.135. The van der Waals surface area contributed by atoms with Gasteiger partial charge in [0.05, 0.1) is 0 Å². The fourth-order valence-electron chi connectivity index (χ4n) is 2.81. The van der Waals surface area contributed by atoms with Crippen molar-refractivity contribution in [3.8, 4) is 0 Å². The van der Waals surface area contributed by atoms with E-state index in [1.165, 1.54) is 12.8 Å². The van der Waals surface area contributed by atoms with E-state index >= 15 is 0 Å². The van der Waals surface area contributed by atoms with Crippen molar-refractivity contribution in [2.24, 2.45) is 12.0 Å². The highest BCUT2D eigenvalue weighted by Gasteiger charge is 2.25. The molecule has 1 heterocycles. The number of nitrogens with one attached hydrogen (secondary N) is 2. The molecule has 0 aromatic carbocycles. The van der Waals surface area contributed by atoms with Gasteiger partial charge < -0.3 is 15.2 Å². The molecular formula is C16H28F3IN6. The summed E-state index contributed by atoms with van der Waals surface area (Å²) in [7, 11) is 1.88. The highest BCUT2D eigenvalue weighted by molar-refractivity contribution is 14.0. The predicted molar refractivity (Wildman–Crippen MR) is 106 cm³/mol. The molecule has 150 valence electrons. The van der Waals surface area contributed by atoms with Gasteiger partial charge in [0, 0.05) is 26.1 Å². The first-order chi connectivity index (χ1) is 11.8. The minimum atomic E-state index is -4.08. The number of aromatic nitrogens is 3. The predicted octanol–water partition coefficient (Wildman–Crippen LogP) is 3.45. The average molecular weight is 488 g/mol. The molecule has 2 N–H and O–H groups in total. The molecule has 1 fully saturated rings. The molecule has 0 aliphatic heterocycles. The van der Waals surface area contributed by atoms with Crippen LogP contribution in [0.5, 0.6) is 0 Å². The van der Waals surface area contributed by atoms with Crippen molar-refractivity contribution in [1.82, 2.24) is 25.4 Å². The van der Waals surface area contributed by atoms with Crippen LogP contribution in [0.15, 0.2) is 4.99 Å². The zero-order valence-corrected chi connectivity index (χ0v) is 17.6. The molecule has 0 atom stereocenters. The summed E-state index contributed by atoms with van der Waals surface area (Å²) in [6, 6.07) is 0.377. The van der Waals surface area contributed by atoms with Gasteiger partial charge in [-0.05, 0) is 32.6 Å². The van der Waals surface area contributed by atoms with E-state index in [0.29, 0.717) is 31.5 Å². The Morgan fingerprint density at radius 3 is 2.50 bits per heavy atom. The minimum Gasteiger partial charge on any atom is -0.356 e. The van der Waals surface area contributed by atoms with E-state index in [4.69, 9.17) is 0 Å². The van der Waals surface area contributed by atoms with E-state index in [0.717, 1.165) is 24.5 Å². The molecular weight excluding hydrogens is 460 g/mol. The maximum atomic E-state index is 12.2. The van der Waals surface area contributed by atoms with Gasteiger partial charge in [-0.25, -0.2) is 4.99 Å². The first kappa shape index (κ1) is 23.0. The van der Waals surface area contributed by atoms with Gasteiger partial charge >= 0.3 is 6.18 Å². The summed E-state index contributed by atoms with van der Waals surface area (Å²) in [5, 5.41) is 14.6. The molecule has 0 bridgehead atoms. The molecule has 0 spiro atoms. The number of hydrogen-bond donors (Lipinski definition) is 2. The van der Waals surface area contributed by atoms with E-state index < -0.39 is 12.6 Å². The number of rotatable bonds is 7. The van der Waals surface area contributed by atoms with Crippen LogP contribution in [0, 0.1) is 6.92 Å². The molecule has 10 heteroatoms. The lowest BCUT2D eigenvalue weighted by atomic mass is 10.2. The molecule has 0 radical (unpaired) electrons. The molecule has 26 heavy (non-hydrogen) atoms. The van der Waals surface area contributed by atoms with Crippen LogP contribution in [0.4, 0.5) is 13.2 Å². The number of hydrogen-bond acceptors (Lipinski definition) is 3. The maximum absolute atomic E-state index is 12.2. The summed E-state index contributed by atoms with van der Waals surface area (Å²) in [6.45, 7) is 2.71. The van der Waals surface area contributed by atoms with Crippen molar-refractivity contribution in [2.45, 2.75) is 70.6 Å². The van der Waals surface area contributed by atoms with Gasteiger partial charge in [-0.3, -0.25) is 0 Å². The van der Waals surface area contributed by atoms with Crippen molar-refractivity contribution < 1.29 is 13.2 Å². The number of aryl methyl sites for hydroxylation is 1. The van der Waals surface area contributed by atoms with Crippen molar-refractivity contribution in [2.75, 3.05) is 6.54 Å². The zero-order valence-electron chi connectivity index (χ0n) is 15.3. The third kappa shape index (κ3) is 8.09. The van der Waals surface area contributed by atoms with Gasteiger partial charge in [-0.2, -0.15) is 13.2 Å². The van der Waals surface area contributed by atoms with E-state index in [9.17, 15) is 13.2 Å². The number of nitrogens with zero attached hydrogens (tertiary/aromatic N) is 4. The van der Waals surface area contributed by atoms with E-state index in [2.05, 4.69) is 25.8 Å². The SMILES string of the molecule is Cc1nnc(CN=C(NCCCCC(F)(F)F)NC2CCCC2)n1C.I. The van der Waals surface area contributed by atoms with Crippen LogP contribution in [0.3, 0.4) is 0 Å². The molecule has 1 aromatic rings. The van der Waals surface area contributed by atoms with Crippen molar-refractivity contribution in [3.05, 3.63) is 11.6 Å². The summed E-state index contributed by atoms with van der Waals surface area (Å²) in [5.74, 6) is 2.21. The van der Waals surface area contributed by atoms with Gasteiger partial charge in [-0.1, -0.05) is 12.8 Å². The summed E-state index contributed by atoms with van der Waals surface area (Å²) in [6.07, 6.45) is 0.328. The van der Waals surface area contributed by atoms with E-state index in [1.54, 1.807) is 0 Å². The van der Waals surface area contributed by atoms with Gasteiger partial charge in [-0.15, -0.1) is 34.2 Å². The topological polar surface area (TPSA) is 67.1 Å². The standard InChI is InChI=1S/C16H27F3N6.HI/c1-12-23-24-14(25(12)2)11-21-15(22-13-7-3-4-8-13)20-10-6-5-9-16(17,18)19;/h13H,3-11H2,1-2H3,(H2,20,21,22);1H. The summed E-state index contributed by atoms with van der Waals surface area (Å²) in [4.78, 5) is 4.53. The second-order valence-electron chi connectivity index (χ2n) is 6.51. The van der Waals surface area contributed by atoms with Crippen LogP contribution >= 0.6 is 24.0 Å². The third-order valence-electron chi connectivity index (χ3n) is 4.44. The minimum absolute atomic E-state index is 0. The van der Waals surface area contributed by atoms with Crippen LogP contribution in [0.25, 0.3) is 0 Å². The van der Waals surface area contributed by atoms with Gasteiger partial charge in [0.25, 0.3) is 0 Å². The number of alkyl halides is 3. The molecule has 1 saturated carbocycles. The lowest BCUT2D eigenvalue weighted by Gasteiger charge is -2.17. The summed E-state index contributed by atoms with van der Waals surface area (Å²) >= 11 is 0. The Kier molecular flexibility index (Phi) is 9.66. The highest BCUT2D eigenvalue weighted by atomic mass is 127. The number of unbranched alkanes of at least 4 members (excludes halogenated alkanes) is 1. The largest absolute Gasteiger partial charge is 0.389 e. The Morgan fingerprint density at radius 1 is 1.23 bits per heavy atom. The van der Waals surface area contributed by atoms with Crippen LogP contribution in [0.1, 0.15) is 56.6 Å². The second-order valence-corrected chi connectivity index (χ2v) is 6.51. The first-order valence-corrected chi connectivity index (χ1v) is 8.81. The fourth-order valence-corrected chi connectivity index (χ4v) is 2.81. The molecule has 1 aliphatic rings. The van der Waals surface area contributed by atoms with Crippen LogP contribution in [-0.2, 0) is 13.6 Å². The van der Waals surface area contributed by atoms with Gasteiger partial charge in [0.2, 0.25) is 0 Å². The number of aliphatic imine (C=N–C) groups is 1. The Morgan fingerprint density at radius 2 is 1.92 bits per heavy atom. The maximum Gasteiger partial charge on any atom is 0.389 e. The van der Waals surface area contributed by atoms with Crippen molar-refractivity contribution in [1.29, 1.82) is 0 Å². The normalized spacial score (nSPS) is 15.8. The van der Waals surface area contributed by atoms with E-state index in [-0.39, 0.29) is 30.4 Å². The first-order valence-electron chi connectivity index (χ1n) is 8.81. The Labute approximate surface area is 169 Å². The van der Waals surface area contributed by atoms with Crippen LogP contribution in [0.2, 0.25) is 0 Å². The van der Waals surface area contributed by atoms with E-state index in [1.807, 2.05) is 18.5 Å². The zero-order chi connectivity index (χ0) is 18.3. The number of guanidine groups is 1. The Hall–Kier alpha value is -1.07. The third-order valence-corrected chi connectivity index (χ3v) is 4.44. The van der Waals surface area contributed by atoms with Crippen LogP contribution in [-0.4, -0.2) is 39.5 Å². The molecule has 0 amide bonds. The van der Waals surface area contributed by atoms with Gasteiger partial charge in [0.15, 0.2) is 11.8 Å². The lowest BCUT2D eigenvalue weighted by Crippen LogP contribution is -2.42. The molecule has 1 aliphatic carbocycles. The van der Waals surface area contributed by atoms with Crippen molar-refractivity contribution >= 4 is 29.9 Å². The van der Waals surface area contributed by atoms with Crippen molar-refractivity contribution in [3.63, 3.8) is 0 Å². The molecule has 1 aromatic heterocycles. The molecule has 0 unspecified atom stereocenters. The Bertz CT molecular complexity index is 567. The highest BCUT2D eigenvalue weighted by Crippen LogP contribution is 2.22.